The molecule has 0 aliphatic carbocycles. The topological polar surface area (TPSA) is 71.5 Å². The molecule has 27 heavy (non-hydrogen) atoms. The van der Waals surface area contributed by atoms with Crippen molar-refractivity contribution in [3.05, 3.63) is 23.8 Å². The molecule has 2 atom stereocenters. The van der Waals surface area contributed by atoms with Crippen LogP contribution in [-0.4, -0.2) is 72.6 Å². The van der Waals surface area contributed by atoms with Gasteiger partial charge in [-0.3, -0.25) is 4.90 Å². The van der Waals surface area contributed by atoms with Gasteiger partial charge in [0, 0.05) is 37.3 Å². The minimum atomic E-state index is -0.543. The summed E-state index contributed by atoms with van der Waals surface area (Å²) in [5.41, 5.74) is 0.466. The number of hydrogen-bond acceptors (Lipinski definition) is 6. The second-order valence-corrected chi connectivity index (χ2v) is 7.93. The summed E-state index contributed by atoms with van der Waals surface area (Å²) in [5, 5.41) is 9.89. The number of benzene rings is 1. The number of piperazine rings is 1. The number of nitrogens with zero attached hydrogens (tertiary/aromatic N) is 2. The molecule has 1 N–H and O–H groups in total. The molecule has 7 nitrogen and oxygen atoms in total. The van der Waals surface area contributed by atoms with Gasteiger partial charge in [-0.05, 0) is 33.8 Å². The van der Waals surface area contributed by atoms with E-state index in [9.17, 15) is 9.90 Å². The number of carbonyl (C=O) groups excluding carboxylic acids is 1. The van der Waals surface area contributed by atoms with Gasteiger partial charge < -0.3 is 24.2 Å². The monoisotopic (exact) mass is 380 g/mol. The van der Waals surface area contributed by atoms with Crippen LogP contribution in [0.3, 0.4) is 0 Å². The van der Waals surface area contributed by atoms with E-state index in [0.717, 1.165) is 17.1 Å². The van der Waals surface area contributed by atoms with Crippen LogP contribution in [0, 0.1) is 0 Å². The van der Waals surface area contributed by atoms with Gasteiger partial charge >= 0.3 is 6.09 Å². The Labute approximate surface area is 161 Å². The van der Waals surface area contributed by atoms with Gasteiger partial charge in [-0.2, -0.15) is 0 Å². The van der Waals surface area contributed by atoms with Crippen LogP contribution in [0.15, 0.2) is 18.2 Å². The maximum Gasteiger partial charge on any atom is 0.410 e. The van der Waals surface area contributed by atoms with Gasteiger partial charge in [0.25, 0.3) is 0 Å². The lowest BCUT2D eigenvalue weighted by molar-refractivity contribution is -0.0240. The number of ether oxygens (including phenoxy) is 3. The molecule has 0 spiro atoms. The first-order chi connectivity index (χ1) is 12.7. The molecule has 0 aromatic heterocycles. The molecule has 1 saturated heterocycles. The van der Waals surface area contributed by atoms with Crippen LogP contribution in [0.4, 0.5) is 4.79 Å². The van der Waals surface area contributed by atoms with Crippen molar-refractivity contribution in [2.75, 3.05) is 33.9 Å². The fourth-order valence-corrected chi connectivity index (χ4v) is 3.25. The highest BCUT2D eigenvalue weighted by molar-refractivity contribution is 5.68. The molecule has 1 amide bonds. The first-order valence-electron chi connectivity index (χ1n) is 9.24. The smallest absolute Gasteiger partial charge is 0.410 e. The Bertz CT molecular complexity index is 644. The molecule has 0 unspecified atom stereocenters. The molecule has 1 aliphatic heterocycles. The van der Waals surface area contributed by atoms with E-state index >= 15 is 0 Å². The lowest BCUT2D eigenvalue weighted by Crippen LogP contribution is -2.60. The highest BCUT2D eigenvalue weighted by Gasteiger charge is 2.36. The van der Waals surface area contributed by atoms with Gasteiger partial charge in [0.1, 0.15) is 17.1 Å². The summed E-state index contributed by atoms with van der Waals surface area (Å²) in [4.78, 5) is 16.4. The third-order valence-electron chi connectivity index (χ3n) is 4.66. The van der Waals surface area contributed by atoms with Gasteiger partial charge in [-0.25, -0.2) is 4.79 Å². The molecule has 0 radical (unpaired) electrons. The van der Waals surface area contributed by atoms with E-state index in [-0.39, 0.29) is 24.8 Å². The lowest BCUT2D eigenvalue weighted by Gasteiger charge is -2.44. The lowest BCUT2D eigenvalue weighted by atomic mass is 10.1. The number of aliphatic hydroxyl groups is 1. The van der Waals surface area contributed by atoms with E-state index < -0.39 is 5.60 Å². The van der Waals surface area contributed by atoms with Crippen molar-refractivity contribution in [3.63, 3.8) is 0 Å². The molecular formula is C20H32N2O5. The van der Waals surface area contributed by atoms with Crippen LogP contribution in [0.1, 0.15) is 33.3 Å². The van der Waals surface area contributed by atoms with Gasteiger partial charge in [0.2, 0.25) is 0 Å². The van der Waals surface area contributed by atoms with Crippen molar-refractivity contribution in [1.29, 1.82) is 0 Å². The number of carbonyl (C=O) groups is 1. The first-order valence-corrected chi connectivity index (χ1v) is 9.24. The molecule has 0 bridgehead atoms. The Hall–Kier alpha value is -1.99. The molecule has 1 heterocycles. The maximum absolute atomic E-state index is 12.5. The van der Waals surface area contributed by atoms with Gasteiger partial charge in [-0.1, -0.05) is 6.07 Å². The average molecular weight is 380 g/mol. The zero-order valence-electron chi connectivity index (χ0n) is 17.2. The Morgan fingerprint density at radius 1 is 1.22 bits per heavy atom. The molecule has 7 heteroatoms. The molecule has 0 saturated carbocycles. The van der Waals surface area contributed by atoms with Crippen molar-refractivity contribution in [2.24, 2.45) is 0 Å². The van der Waals surface area contributed by atoms with Crippen molar-refractivity contribution < 1.29 is 24.1 Å². The summed E-state index contributed by atoms with van der Waals surface area (Å²) in [6.07, 6.45) is -0.338. The Morgan fingerprint density at radius 2 is 1.93 bits per heavy atom. The second-order valence-electron chi connectivity index (χ2n) is 7.93. The van der Waals surface area contributed by atoms with E-state index in [2.05, 4.69) is 4.90 Å². The zero-order valence-corrected chi connectivity index (χ0v) is 17.2. The highest BCUT2D eigenvalue weighted by atomic mass is 16.6. The van der Waals surface area contributed by atoms with E-state index in [1.807, 2.05) is 45.9 Å². The van der Waals surface area contributed by atoms with Crippen LogP contribution in [0.2, 0.25) is 0 Å². The minimum absolute atomic E-state index is 0.0214. The summed E-state index contributed by atoms with van der Waals surface area (Å²) in [6.45, 7) is 9.19. The van der Waals surface area contributed by atoms with Gasteiger partial charge in [0.05, 0.1) is 26.9 Å². The largest absolute Gasteiger partial charge is 0.497 e. The summed E-state index contributed by atoms with van der Waals surface area (Å²) in [5.74, 6) is 1.48. The molecule has 1 aromatic carbocycles. The molecule has 152 valence electrons. The van der Waals surface area contributed by atoms with E-state index in [1.54, 1.807) is 19.1 Å². The number of rotatable bonds is 5. The van der Waals surface area contributed by atoms with Crippen LogP contribution in [0.5, 0.6) is 11.5 Å². The molecule has 1 aliphatic rings. The number of hydrogen-bond donors (Lipinski definition) is 1. The van der Waals surface area contributed by atoms with Crippen molar-refractivity contribution in [1.82, 2.24) is 9.80 Å². The van der Waals surface area contributed by atoms with Crippen molar-refractivity contribution in [3.8, 4) is 11.5 Å². The van der Waals surface area contributed by atoms with E-state index in [0.29, 0.717) is 19.6 Å². The van der Waals surface area contributed by atoms with Crippen molar-refractivity contribution >= 4 is 6.09 Å². The maximum atomic E-state index is 12.5. The minimum Gasteiger partial charge on any atom is -0.497 e. The third-order valence-corrected chi connectivity index (χ3v) is 4.66. The normalized spacial score (nSPS) is 21.1. The van der Waals surface area contributed by atoms with E-state index in [4.69, 9.17) is 14.2 Å². The summed E-state index contributed by atoms with van der Waals surface area (Å²) in [6, 6.07) is 5.53. The van der Waals surface area contributed by atoms with Gasteiger partial charge in [0.15, 0.2) is 0 Å². The predicted molar refractivity (Wildman–Crippen MR) is 103 cm³/mol. The quantitative estimate of drug-likeness (QED) is 0.846. The highest BCUT2D eigenvalue weighted by Crippen LogP contribution is 2.28. The van der Waals surface area contributed by atoms with E-state index in [1.165, 1.54) is 0 Å². The summed E-state index contributed by atoms with van der Waals surface area (Å²) < 4.78 is 16.2. The SMILES string of the molecule is COc1ccc(CN2C[C@@H](C)N(C(=O)OC(C)(C)C)C[C@@H]2CO)c(OC)c1. The van der Waals surface area contributed by atoms with Crippen LogP contribution in [0.25, 0.3) is 0 Å². The average Bonchev–Trinajstić information content (AvgIpc) is 2.60. The van der Waals surface area contributed by atoms with Crippen LogP contribution >= 0.6 is 0 Å². The second kappa shape index (κ2) is 8.80. The fraction of sp³-hybridized carbons (Fsp3) is 0.650. The number of aliphatic hydroxyl groups excluding tert-OH is 1. The standard InChI is InChI=1S/C20H32N2O5/c1-14-10-21(11-15-7-8-17(25-5)9-18(15)26-6)16(13-23)12-22(14)19(24)27-20(2,3)4/h7-9,14,16,23H,10-13H2,1-6H3/t14-,16-/m1/s1. The Morgan fingerprint density at radius 3 is 2.48 bits per heavy atom. The fourth-order valence-electron chi connectivity index (χ4n) is 3.25. The summed E-state index contributed by atoms with van der Waals surface area (Å²) >= 11 is 0. The molecule has 1 fully saturated rings. The Kier molecular flexibility index (Phi) is 6.95. The Balaban J connectivity index is 2.13. The van der Waals surface area contributed by atoms with Crippen LogP contribution < -0.4 is 9.47 Å². The van der Waals surface area contributed by atoms with Crippen LogP contribution in [-0.2, 0) is 11.3 Å². The zero-order chi connectivity index (χ0) is 20.2. The molecular weight excluding hydrogens is 348 g/mol. The van der Waals surface area contributed by atoms with Crippen molar-refractivity contribution in [2.45, 2.75) is 51.9 Å². The molecule has 2 rings (SSSR count). The molecule has 1 aromatic rings. The summed E-state index contributed by atoms with van der Waals surface area (Å²) in [7, 11) is 3.25. The first kappa shape index (κ1) is 21.3. The number of methoxy groups -OCH3 is 2. The van der Waals surface area contributed by atoms with Gasteiger partial charge in [-0.15, -0.1) is 0 Å². The predicted octanol–water partition coefficient (Wildman–Crippen LogP) is 2.51. The number of amides is 1. The third kappa shape index (κ3) is 5.49.